The highest BCUT2D eigenvalue weighted by atomic mass is 32.2. The molecular formula is C29H34N2O5S. The highest BCUT2D eigenvalue weighted by Crippen LogP contribution is 2.29. The van der Waals surface area contributed by atoms with E-state index in [4.69, 9.17) is 4.74 Å². The number of carboxylic acids is 1. The Labute approximate surface area is 218 Å². The van der Waals surface area contributed by atoms with Gasteiger partial charge < -0.3 is 9.84 Å². The van der Waals surface area contributed by atoms with Gasteiger partial charge in [-0.1, -0.05) is 68.0 Å². The molecule has 1 aliphatic heterocycles. The van der Waals surface area contributed by atoms with E-state index in [1.807, 2.05) is 19.1 Å². The Morgan fingerprint density at radius 3 is 2.30 bits per heavy atom. The third-order valence-electron chi connectivity index (χ3n) is 6.91. The number of hydrogen-bond donors (Lipinski definition) is 2. The third kappa shape index (κ3) is 6.77. The van der Waals surface area contributed by atoms with Crippen LogP contribution in [-0.4, -0.2) is 50.0 Å². The summed E-state index contributed by atoms with van der Waals surface area (Å²) in [6.07, 6.45) is 6.43. The molecule has 3 aromatic carbocycles. The van der Waals surface area contributed by atoms with Crippen molar-refractivity contribution in [1.29, 1.82) is 0 Å². The van der Waals surface area contributed by atoms with Crippen molar-refractivity contribution in [3.63, 3.8) is 0 Å². The monoisotopic (exact) mass is 522 g/mol. The Hall–Kier alpha value is -3.20. The summed E-state index contributed by atoms with van der Waals surface area (Å²) in [6, 6.07) is 19.7. The zero-order chi connectivity index (χ0) is 26.4. The number of carbonyl (C=O) groups is 1. The number of hydrogen-bond acceptors (Lipinski definition) is 4. The first kappa shape index (κ1) is 26.9. The lowest BCUT2D eigenvalue weighted by molar-refractivity contribution is -0.139. The molecule has 0 spiro atoms. The molecule has 0 amide bonds. The number of methoxy groups -OCH3 is 1. The van der Waals surface area contributed by atoms with Gasteiger partial charge in [0.1, 0.15) is 11.8 Å². The summed E-state index contributed by atoms with van der Waals surface area (Å²) in [4.78, 5) is 11.4. The first-order chi connectivity index (χ1) is 17.8. The molecular weight excluding hydrogens is 488 g/mol. The second-order valence-electron chi connectivity index (χ2n) is 9.45. The number of piperidine rings is 1. The van der Waals surface area contributed by atoms with Gasteiger partial charge in [-0.05, 0) is 70.8 Å². The maximum absolute atomic E-state index is 12.7. The average molecular weight is 523 g/mol. The second-order valence-corrected chi connectivity index (χ2v) is 11.2. The van der Waals surface area contributed by atoms with Crippen molar-refractivity contribution >= 4 is 39.1 Å². The van der Waals surface area contributed by atoms with Gasteiger partial charge in [-0.25, -0.2) is 0 Å². The van der Waals surface area contributed by atoms with Crippen LogP contribution in [0.2, 0.25) is 0 Å². The maximum atomic E-state index is 12.7. The third-order valence-corrected chi connectivity index (χ3v) is 8.54. The number of benzene rings is 3. The highest BCUT2D eigenvalue weighted by Gasteiger charge is 2.32. The summed E-state index contributed by atoms with van der Waals surface area (Å²) in [5.74, 6) is -0.0257. The molecule has 1 aliphatic rings. The zero-order valence-electron chi connectivity index (χ0n) is 21.3. The van der Waals surface area contributed by atoms with Gasteiger partial charge in [0, 0.05) is 13.1 Å². The lowest BCUT2D eigenvalue weighted by Gasteiger charge is -2.32. The molecule has 3 aromatic rings. The molecule has 0 aliphatic carbocycles. The van der Waals surface area contributed by atoms with Crippen LogP contribution in [0.25, 0.3) is 22.9 Å². The molecule has 0 radical (unpaired) electrons. The molecule has 2 N–H and O–H groups in total. The molecule has 4 rings (SSSR count). The van der Waals surface area contributed by atoms with Crippen molar-refractivity contribution in [2.45, 2.75) is 44.6 Å². The number of aliphatic carboxylic acids is 1. The second kappa shape index (κ2) is 11.9. The van der Waals surface area contributed by atoms with E-state index in [2.05, 4.69) is 65.4 Å². The minimum atomic E-state index is -3.83. The lowest BCUT2D eigenvalue weighted by atomic mass is 9.90. The Morgan fingerprint density at radius 2 is 1.65 bits per heavy atom. The standard InChI is InChI=1S/C29H34N2O5S/c1-3-4-28(29(32)33)30-37(34,35)31-17-15-24(16-18-31)23-10-7-21(8-11-23)5-6-22-9-12-26-20-27(36-2)14-13-25(26)19-22/h5-14,19-20,24,28,30H,3-4,15-18H2,1-2H3,(H,32,33)/t28-/m0/s1. The molecule has 1 atom stereocenters. The Morgan fingerprint density at radius 1 is 1.03 bits per heavy atom. The quantitative estimate of drug-likeness (QED) is 0.353. The van der Waals surface area contributed by atoms with E-state index < -0.39 is 22.2 Å². The van der Waals surface area contributed by atoms with E-state index in [0.29, 0.717) is 32.4 Å². The number of rotatable bonds is 10. The molecule has 0 saturated carbocycles. The summed E-state index contributed by atoms with van der Waals surface area (Å²) < 4.78 is 34.4. The largest absolute Gasteiger partial charge is 0.497 e. The number of ether oxygens (including phenoxy) is 1. The summed E-state index contributed by atoms with van der Waals surface area (Å²) in [5, 5.41) is 11.6. The van der Waals surface area contributed by atoms with Crippen molar-refractivity contribution in [2.75, 3.05) is 20.2 Å². The molecule has 0 aromatic heterocycles. The normalized spacial score (nSPS) is 16.3. The van der Waals surface area contributed by atoms with Crippen LogP contribution >= 0.6 is 0 Å². The smallest absolute Gasteiger partial charge is 0.321 e. The van der Waals surface area contributed by atoms with Crippen LogP contribution in [0.1, 0.15) is 55.2 Å². The summed E-state index contributed by atoms with van der Waals surface area (Å²) in [6.45, 7) is 2.57. The van der Waals surface area contributed by atoms with Crippen LogP contribution in [-0.2, 0) is 15.0 Å². The Kier molecular flexibility index (Phi) is 8.63. The van der Waals surface area contributed by atoms with Crippen molar-refractivity contribution in [1.82, 2.24) is 9.03 Å². The molecule has 1 fully saturated rings. The van der Waals surface area contributed by atoms with E-state index in [9.17, 15) is 18.3 Å². The Balaban J connectivity index is 1.35. The fourth-order valence-electron chi connectivity index (χ4n) is 4.75. The predicted molar refractivity (Wildman–Crippen MR) is 148 cm³/mol. The van der Waals surface area contributed by atoms with Gasteiger partial charge in [-0.2, -0.15) is 17.4 Å². The predicted octanol–water partition coefficient (Wildman–Crippen LogP) is 5.29. The van der Waals surface area contributed by atoms with E-state index in [1.165, 1.54) is 9.87 Å². The van der Waals surface area contributed by atoms with Crippen LogP contribution < -0.4 is 9.46 Å². The summed E-state index contributed by atoms with van der Waals surface area (Å²) in [5.41, 5.74) is 3.41. The van der Waals surface area contributed by atoms with Crippen LogP contribution in [0, 0.1) is 0 Å². The minimum Gasteiger partial charge on any atom is -0.497 e. The summed E-state index contributed by atoms with van der Waals surface area (Å²) >= 11 is 0. The average Bonchev–Trinajstić information content (AvgIpc) is 2.91. The SMILES string of the molecule is CCC[C@H](NS(=O)(=O)N1CCC(c2ccc(C=Cc3ccc4cc(OC)ccc4c3)cc2)CC1)C(=O)O. The first-order valence-corrected chi connectivity index (χ1v) is 14.1. The molecule has 8 heteroatoms. The fraction of sp³-hybridized carbons (Fsp3) is 0.345. The van der Waals surface area contributed by atoms with E-state index in [1.54, 1.807) is 7.11 Å². The fourth-order valence-corrected chi connectivity index (χ4v) is 6.17. The van der Waals surface area contributed by atoms with Crippen LogP contribution in [0.4, 0.5) is 0 Å². The molecule has 37 heavy (non-hydrogen) atoms. The number of fused-ring (bicyclic) bond motifs is 1. The van der Waals surface area contributed by atoms with E-state index in [-0.39, 0.29) is 12.3 Å². The molecule has 0 unspecified atom stereocenters. The molecule has 1 saturated heterocycles. The molecule has 196 valence electrons. The number of nitrogens with zero attached hydrogens (tertiary/aromatic N) is 1. The van der Waals surface area contributed by atoms with E-state index in [0.717, 1.165) is 27.6 Å². The van der Waals surface area contributed by atoms with Crippen LogP contribution in [0.3, 0.4) is 0 Å². The van der Waals surface area contributed by atoms with Crippen molar-refractivity contribution in [2.24, 2.45) is 0 Å². The summed E-state index contributed by atoms with van der Waals surface area (Å²) in [7, 11) is -2.16. The van der Waals surface area contributed by atoms with Crippen molar-refractivity contribution < 1.29 is 23.1 Å². The lowest BCUT2D eigenvalue weighted by Crippen LogP contribution is -2.50. The van der Waals surface area contributed by atoms with Gasteiger partial charge >= 0.3 is 5.97 Å². The van der Waals surface area contributed by atoms with Gasteiger partial charge in [0.2, 0.25) is 0 Å². The Bertz CT molecular complexity index is 1360. The molecule has 7 nitrogen and oxygen atoms in total. The van der Waals surface area contributed by atoms with Crippen LogP contribution in [0.5, 0.6) is 5.75 Å². The van der Waals surface area contributed by atoms with Gasteiger partial charge in [0.25, 0.3) is 10.2 Å². The van der Waals surface area contributed by atoms with Gasteiger partial charge in [0.15, 0.2) is 0 Å². The van der Waals surface area contributed by atoms with Gasteiger partial charge in [0.05, 0.1) is 7.11 Å². The van der Waals surface area contributed by atoms with Gasteiger partial charge in [-0.15, -0.1) is 0 Å². The molecule has 1 heterocycles. The minimum absolute atomic E-state index is 0.266. The van der Waals surface area contributed by atoms with Crippen molar-refractivity contribution in [3.05, 3.63) is 77.4 Å². The molecule has 0 bridgehead atoms. The first-order valence-electron chi connectivity index (χ1n) is 12.6. The highest BCUT2D eigenvalue weighted by molar-refractivity contribution is 7.87. The maximum Gasteiger partial charge on any atom is 0.321 e. The van der Waals surface area contributed by atoms with Gasteiger partial charge in [-0.3, -0.25) is 4.79 Å². The van der Waals surface area contributed by atoms with Crippen molar-refractivity contribution in [3.8, 4) is 5.75 Å². The number of carboxylic acid groups (broad SMARTS) is 1. The number of nitrogens with one attached hydrogen (secondary N) is 1. The van der Waals surface area contributed by atoms with E-state index >= 15 is 0 Å². The topological polar surface area (TPSA) is 95.9 Å². The zero-order valence-corrected chi connectivity index (χ0v) is 22.1. The van der Waals surface area contributed by atoms with Crippen LogP contribution in [0.15, 0.2) is 60.7 Å².